The molecule has 1 atom stereocenters. The Bertz CT molecular complexity index is 468. The topological polar surface area (TPSA) is 118 Å². The average Bonchev–Trinajstić information content (AvgIpc) is 2.23. The summed E-state index contributed by atoms with van der Waals surface area (Å²) in [5, 5.41) is 46.8. The number of phenols is 3. The number of phenolic OH excluding ortho intramolecular Hbond substituents is 3. The molecule has 0 fully saturated rings. The van der Waals surface area contributed by atoms with Gasteiger partial charge in [-0.15, -0.1) is 0 Å². The van der Waals surface area contributed by atoms with E-state index in [9.17, 15) is 25.2 Å². The molecule has 5 N–H and O–H groups in total. The van der Waals surface area contributed by atoms with E-state index in [0.717, 1.165) is 6.92 Å². The van der Waals surface area contributed by atoms with E-state index in [2.05, 4.69) is 0 Å². The number of aromatic hydroxyl groups is 3. The van der Waals surface area contributed by atoms with Crippen molar-refractivity contribution in [3.05, 3.63) is 5.56 Å². The van der Waals surface area contributed by atoms with Crippen LogP contribution in [0.15, 0.2) is 0 Å². The van der Waals surface area contributed by atoms with Gasteiger partial charge in [0.25, 0.3) is 0 Å². The number of carboxylic acids is 1. The van der Waals surface area contributed by atoms with Crippen LogP contribution in [0.1, 0.15) is 12.5 Å². The number of hydrogen-bond donors (Lipinski definition) is 5. The molecule has 1 aromatic carbocycles. The fourth-order valence-electron chi connectivity index (χ4n) is 1.32. The summed E-state index contributed by atoms with van der Waals surface area (Å²) in [4.78, 5) is 10.8. The maximum absolute atomic E-state index is 10.8. The van der Waals surface area contributed by atoms with Crippen molar-refractivity contribution in [3.8, 4) is 17.2 Å². The van der Waals surface area contributed by atoms with Crippen molar-refractivity contribution >= 4 is 32.6 Å². The number of benzene rings is 1. The summed E-state index contributed by atoms with van der Waals surface area (Å²) < 4.78 is 0. The average molecular weight is 234 g/mol. The second kappa shape index (κ2) is 3.88. The molecule has 1 aromatic rings. The van der Waals surface area contributed by atoms with Crippen LogP contribution in [0.5, 0.6) is 17.2 Å². The van der Waals surface area contributed by atoms with Crippen molar-refractivity contribution in [2.24, 2.45) is 0 Å². The van der Waals surface area contributed by atoms with Crippen molar-refractivity contribution in [1.29, 1.82) is 0 Å². The first-order valence-corrected chi connectivity index (χ1v) is 4.40. The molecule has 0 aliphatic heterocycles. The number of carbonyl (C=O) groups is 1. The zero-order chi connectivity index (χ0) is 13.5. The van der Waals surface area contributed by atoms with Gasteiger partial charge in [-0.3, -0.25) is 0 Å². The lowest BCUT2D eigenvalue weighted by Crippen LogP contribution is -2.36. The van der Waals surface area contributed by atoms with Crippen LogP contribution < -0.4 is 10.9 Å². The second-order valence-electron chi connectivity index (χ2n) is 3.63. The van der Waals surface area contributed by atoms with Crippen LogP contribution in [-0.4, -0.2) is 47.2 Å². The van der Waals surface area contributed by atoms with Gasteiger partial charge in [-0.25, -0.2) is 4.79 Å². The first-order chi connectivity index (χ1) is 7.62. The largest absolute Gasteiger partial charge is 0.508 e. The standard InChI is InChI=1S/C9H8B2O6/c1-9(17,8(15)16)2-5(12)3(10)4(11)7(14)6(2)13/h12-14,17H,1H3,(H,15,16). The lowest BCUT2D eigenvalue weighted by Gasteiger charge is -2.23. The van der Waals surface area contributed by atoms with Gasteiger partial charge in [-0.1, -0.05) is 10.9 Å². The van der Waals surface area contributed by atoms with E-state index >= 15 is 0 Å². The van der Waals surface area contributed by atoms with Crippen molar-refractivity contribution in [2.45, 2.75) is 12.5 Å². The van der Waals surface area contributed by atoms with Gasteiger partial charge >= 0.3 is 5.97 Å². The zero-order valence-electron chi connectivity index (χ0n) is 8.80. The van der Waals surface area contributed by atoms with E-state index < -0.39 is 45.3 Å². The van der Waals surface area contributed by atoms with Crippen molar-refractivity contribution in [3.63, 3.8) is 0 Å². The molecular formula is C9H8B2O6. The van der Waals surface area contributed by atoms with Crippen LogP contribution in [0.3, 0.4) is 0 Å². The summed E-state index contributed by atoms with van der Waals surface area (Å²) in [7, 11) is 10.5. The third kappa shape index (κ3) is 1.80. The van der Waals surface area contributed by atoms with Gasteiger partial charge in [-0.05, 0) is 6.92 Å². The zero-order valence-corrected chi connectivity index (χ0v) is 8.80. The van der Waals surface area contributed by atoms with E-state index in [0.29, 0.717) is 0 Å². The second-order valence-corrected chi connectivity index (χ2v) is 3.63. The van der Waals surface area contributed by atoms with Gasteiger partial charge in [0.2, 0.25) is 0 Å². The van der Waals surface area contributed by atoms with Crippen LogP contribution in [0.4, 0.5) is 0 Å². The molecule has 0 spiro atoms. The summed E-state index contributed by atoms with van der Waals surface area (Å²) >= 11 is 0. The lowest BCUT2D eigenvalue weighted by molar-refractivity contribution is -0.157. The highest BCUT2D eigenvalue weighted by Crippen LogP contribution is 2.39. The number of carboxylic acid groups (broad SMARTS) is 1. The van der Waals surface area contributed by atoms with Crippen LogP contribution in [-0.2, 0) is 10.4 Å². The number of rotatable bonds is 2. The predicted octanol–water partition coefficient (Wildman–Crippen LogP) is -2.32. The van der Waals surface area contributed by atoms with Crippen LogP contribution in [0, 0.1) is 0 Å². The van der Waals surface area contributed by atoms with Gasteiger partial charge in [-0.2, -0.15) is 0 Å². The van der Waals surface area contributed by atoms with E-state index in [4.69, 9.17) is 20.8 Å². The molecule has 0 aliphatic rings. The van der Waals surface area contributed by atoms with Gasteiger partial charge in [0, 0.05) is 0 Å². The van der Waals surface area contributed by atoms with Crippen molar-refractivity contribution in [2.75, 3.05) is 0 Å². The molecule has 0 bridgehead atoms. The van der Waals surface area contributed by atoms with Gasteiger partial charge in [0.15, 0.2) is 11.4 Å². The van der Waals surface area contributed by atoms with E-state index in [1.807, 2.05) is 0 Å². The smallest absolute Gasteiger partial charge is 0.340 e. The predicted molar refractivity (Wildman–Crippen MR) is 59.4 cm³/mol. The minimum absolute atomic E-state index is 0.509. The lowest BCUT2D eigenvalue weighted by atomic mass is 9.75. The molecule has 4 radical (unpaired) electrons. The molecule has 8 heteroatoms. The Kier molecular flexibility index (Phi) is 3.03. The van der Waals surface area contributed by atoms with Crippen molar-refractivity contribution < 1.29 is 30.3 Å². The van der Waals surface area contributed by atoms with Crippen LogP contribution in [0.25, 0.3) is 0 Å². The monoisotopic (exact) mass is 234 g/mol. The quantitative estimate of drug-likeness (QED) is 0.222. The molecule has 0 aliphatic carbocycles. The highest BCUT2D eigenvalue weighted by molar-refractivity contribution is 6.51. The Morgan fingerprint density at radius 3 is 1.88 bits per heavy atom. The molecule has 86 valence electrons. The molecule has 6 nitrogen and oxygen atoms in total. The molecule has 17 heavy (non-hydrogen) atoms. The normalized spacial score (nSPS) is 14.2. The molecule has 0 heterocycles. The SMILES string of the molecule is [B]c1c([B])c(O)c(C(C)(O)C(=O)O)c(O)c1O. The van der Waals surface area contributed by atoms with E-state index in [1.165, 1.54) is 0 Å². The third-order valence-electron chi connectivity index (χ3n) is 2.40. The fraction of sp³-hybridized carbons (Fsp3) is 0.222. The first kappa shape index (κ1) is 13.2. The summed E-state index contributed by atoms with van der Waals surface area (Å²) in [5.41, 5.74) is -4.50. The molecule has 0 aromatic heterocycles. The van der Waals surface area contributed by atoms with Crippen LogP contribution in [0.2, 0.25) is 0 Å². The van der Waals surface area contributed by atoms with E-state index in [1.54, 1.807) is 0 Å². The Labute approximate surface area is 99.0 Å². The summed E-state index contributed by atoms with van der Waals surface area (Å²) in [6, 6.07) is 0. The molecule has 1 rings (SSSR count). The number of hydrogen-bond acceptors (Lipinski definition) is 5. The Morgan fingerprint density at radius 1 is 1.06 bits per heavy atom. The van der Waals surface area contributed by atoms with Gasteiger partial charge < -0.3 is 25.5 Å². The summed E-state index contributed by atoms with van der Waals surface area (Å²) in [6.45, 7) is 0.805. The maximum atomic E-state index is 10.8. The Balaban J connectivity index is 3.72. The number of aliphatic hydroxyl groups is 1. The Hall–Kier alpha value is -1.82. The molecule has 0 saturated heterocycles. The molecular weight excluding hydrogens is 226 g/mol. The molecule has 1 unspecified atom stereocenters. The number of aliphatic carboxylic acids is 1. The highest BCUT2D eigenvalue weighted by atomic mass is 16.4. The van der Waals surface area contributed by atoms with Gasteiger partial charge in [0.1, 0.15) is 27.2 Å². The highest BCUT2D eigenvalue weighted by Gasteiger charge is 2.39. The summed E-state index contributed by atoms with van der Waals surface area (Å²) in [6.07, 6.45) is 0. The maximum Gasteiger partial charge on any atom is 0.340 e. The molecule has 0 saturated carbocycles. The minimum atomic E-state index is -2.63. The minimum Gasteiger partial charge on any atom is -0.508 e. The summed E-state index contributed by atoms with van der Waals surface area (Å²) in [5.74, 6) is -4.59. The Morgan fingerprint density at radius 2 is 1.47 bits per heavy atom. The van der Waals surface area contributed by atoms with Gasteiger partial charge in [0.05, 0.1) is 5.56 Å². The fourth-order valence-corrected chi connectivity index (χ4v) is 1.32. The molecule has 0 amide bonds. The van der Waals surface area contributed by atoms with Crippen molar-refractivity contribution in [1.82, 2.24) is 0 Å². The van der Waals surface area contributed by atoms with Crippen LogP contribution >= 0.6 is 0 Å². The van der Waals surface area contributed by atoms with E-state index in [-0.39, 0.29) is 0 Å². The first-order valence-electron chi connectivity index (χ1n) is 4.40. The third-order valence-corrected chi connectivity index (χ3v) is 2.40.